The molecule has 1 aromatic carbocycles. The zero-order chi connectivity index (χ0) is 18.0. The molecule has 0 spiro atoms. The first kappa shape index (κ1) is 23.2. The highest BCUT2D eigenvalue weighted by Crippen LogP contribution is 2.40. The molecule has 0 radical (unpaired) electrons. The van der Waals surface area contributed by atoms with Crippen LogP contribution in [0.25, 0.3) is 0 Å². The summed E-state index contributed by atoms with van der Waals surface area (Å²) in [5, 5.41) is 7.05. The van der Waals surface area contributed by atoms with E-state index in [9.17, 15) is 0 Å². The molecule has 0 aromatic heterocycles. The van der Waals surface area contributed by atoms with Gasteiger partial charge in [0.15, 0.2) is 5.96 Å². The van der Waals surface area contributed by atoms with Crippen molar-refractivity contribution in [3.05, 3.63) is 35.9 Å². The van der Waals surface area contributed by atoms with Gasteiger partial charge in [-0.2, -0.15) is 0 Å². The SMILES string of the molecule is CCOCCC1(CNC(=NC)NCC(C)c2ccccc2)CCCC1.I. The second kappa shape index (κ2) is 12.5. The Hall–Kier alpha value is -0.820. The molecule has 0 heterocycles. The summed E-state index contributed by atoms with van der Waals surface area (Å²) in [6.45, 7) is 7.86. The van der Waals surface area contributed by atoms with Crippen LogP contribution in [0.5, 0.6) is 0 Å². The molecule has 0 amide bonds. The first-order valence-electron chi connectivity index (χ1n) is 9.76. The molecular formula is C21H36IN3O. The van der Waals surface area contributed by atoms with Crippen LogP contribution in [0.4, 0.5) is 0 Å². The number of aliphatic imine (C=N–C) groups is 1. The van der Waals surface area contributed by atoms with E-state index in [1.165, 1.54) is 31.2 Å². The first-order valence-corrected chi connectivity index (χ1v) is 9.76. The van der Waals surface area contributed by atoms with Gasteiger partial charge in [-0.1, -0.05) is 50.1 Å². The van der Waals surface area contributed by atoms with Gasteiger partial charge >= 0.3 is 0 Å². The van der Waals surface area contributed by atoms with E-state index in [0.717, 1.165) is 38.7 Å². The Balaban J connectivity index is 0.00000338. The van der Waals surface area contributed by atoms with E-state index >= 15 is 0 Å². The van der Waals surface area contributed by atoms with E-state index < -0.39 is 0 Å². The Morgan fingerprint density at radius 2 is 1.88 bits per heavy atom. The Bertz CT molecular complexity index is 515. The second-order valence-electron chi connectivity index (χ2n) is 7.27. The third-order valence-corrected chi connectivity index (χ3v) is 5.44. The summed E-state index contributed by atoms with van der Waals surface area (Å²) in [5.74, 6) is 1.36. The summed E-state index contributed by atoms with van der Waals surface area (Å²) in [6.07, 6.45) is 6.41. The summed E-state index contributed by atoms with van der Waals surface area (Å²) < 4.78 is 5.61. The van der Waals surface area contributed by atoms with Crippen LogP contribution in [0.1, 0.15) is 57.4 Å². The fourth-order valence-corrected chi connectivity index (χ4v) is 3.71. The van der Waals surface area contributed by atoms with E-state index in [1.807, 2.05) is 7.05 Å². The summed E-state index contributed by atoms with van der Waals surface area (Å²) in [7, 11) is 1.85. The lowest BCUT2D eigenvalue weighted by atomic mass is 9.83. The van der Waals surface area contributed by atoms with Crippen LogP contribution < -0.4 is 10.6 Å². The maximum atomic E-state index is 5.61. The molecule has 2 rings (SSSR count). The molecule has 148 valence electrons. The Morgan fingerprint density at radius 1 is 1.19 bits per heavy atom. The lowest BCUT2D eigenvalue weighted by Gasteiger charge is -2.30. The number of benzene rings is 1. The molecule has 0 bridgehead atoms. The number of hydrogen-bond donors (Lipinski definition) is 2. The summed E-state index contributed by atoms with van der Waals surface area (Å²) >= 11 is 0. The third-order valence-electron chi connectivity index (χ3n) is 5.44. The smallest absolute Gasteiger partial charge is 0.191 e. The van der Waals surface area contributed by atoms with Gasteiger partial charge in [0.1, 0.15) is 0 Å². The molecule has 26 heavy (non-hydrogen) atoms. The van der Waals surface area contributed by atoms with Crippen molar-refractivity contribution in [3.8, 4) is 0 Å². The minimum Gasteiger partial charge on any atom is -0.382 e. The molecule has 1 fully saturated rings. The lowest BCUT2D eigenvalue weighted by molar-refractivity contribution is 0.105. The van der Waals surface area contributed by atoms with Gasteiger partial charge in [0.2, 0.25) is 0 Å². The zero-order valence-corrected chi connectivity index (χ0v) is 18.9. The highest BCUT2D eigenvalue weighted by Gasteiger charge is 2.33. The Labute approximate surface area is 176 Å². The number of guanidine groups is 1. The number of hydrogen-bond acceptors (Lipinski definition) is 2. The molecule has 1 aliphatic carbocycles. The molecule has 2 N–H and O–H groups in total. The predicted octanol–water partition coefficient (Wildman–Crippen LogP) is 4.56. The van der Waals surface area contributed by atoms with Gasteiger partial charge in [0, 0.05) is 33.4 Å². The van der Waals surface area contributed by atoms with Crippen LogP contribution in [-0.4, -0.2) is 39.3 Å². The van der Waals surface area contributed by atoms with Gasteiger partial charge in [-0.15, -0.1) is 24.0 Å². The van der Waals surface area contributed by atoms with Crippen molar-refractivity contribution in [2.45, 2.75) is 51.9 Å². The average molecular weight is 473 g/mol. The quantitative estimate of drug-likeness (QED) is 0.239. The standard InChI is InChI=1S/C21H35N3O.HI/c1-4-25-15-14-21(12-8-9-13-21)17-24-20(22-3)23-16-18(2)19-10-6-5-7-11-19;/h5-7,10-11,18H,4,8-9,12-17H2,1-3H3,(H2,22,23,24);1H. The number of ether oxygens (including phenoxy) is 1. The molecule has 1 saturated carbocycles. The van der Waals surface area contributed by atoms with Gasteiger partial charge < -0.3 is 15.4 Å². The van der Waals surface area contributed by atoms with Crippen molar-refractivity contribution in [2.24, 2.45) is 10.4 Å². The minimum atomic E-state index is 0. The summed E-state index contributed by atoms with van der Waals surface area (Å²) in [4.78, 5) is 4.41. The minimum absolute atomic E-state index is 0. The van der Waals surface area contributed by atoms with Gasteiger partial charge in [0.05, 0.1) is 0 Å². The van der Waals surface area contributed by atoms with Crippen LogP contribution in [0.15, 0.2) is 35.3 Å². The fourth-order valence-electron chi connectivity index (χ4n) is 3.71. The number of rotatable bonds is 9. The molecule has 0 saturated heterocycles. The summed E-state index contributed by atoms with van der Waals surface area (Å²) in [6, 6.07) is 10.6. The lowest BCUT2D eigenvalue weighted by Crippen LogP contribution is -2.44. The molecular weight excluding hydrogens is 437 g/mol. The maximum absolute atomic E-state index is 5.61. The van der Waals surface area contributed by atoms with E-state index in [2.05, 4.69) is 59.8 Å². The van der Waals surface area contributed by atoms with Crippen molar-refractivity contribution in [2.75, 3.05) is 33.4 Å². The van der Waals surface area contributed by atoms with Crippen LogP contribution in [0.2, 0.25) is 0 Å². The largest absolute Gasteiger partial charge is 0.382 e. The van der Waals surface area contributed by atoms with E-state index in [0.29, 0.717) is 11.3 Å². The topological polar surface area (TPSA) is 45.6 Å². The Kier molecular flexibility index (Phi) is 11.2. The van der Waals surface area contributed by atoms with E-state index in [4.69, 9.17) is 4.74 Å². The van der Waals surface area contributed by atoms with Crippen LogP contribution >= 0.6 is 24.0 Å². The van der Waals surface area contributed by atoms with Gasteiger partial charge in [-0.3, -0.25) is 4.99 Å². The molecule has 1 aromatic rings. The first-order chi connectivity index (χ1) is 12.2. The predicted molar refractivity (Wildman–Crippen MR) is 122 cm³/mol. The van der Waals surface area contributed by atoms with Crippen LogP contribution in [0.3, 0.4) is 0 Å². The molecule has 5 heteroatoms. The van der Waals surface area contributed by atoms with Crippen molar-refractivity contribution in [1.82, 2.24) is 10.6 Å². The number of nitrogens with one attached hydrogen (secondary N) is 2. The molecule has 1 unspecified atom stereocenters. The Morgan fingerprint density at radius 3 is 2.50 bits per heavy atom. The summed E-state index contributed by atoms with van der Waals surface area (Å²) in [5.41, 5.74) is 1.73. The van der Waals surface area contributed by atoms with Crippen LogP contribution in [0, 0.1) is 5.41 Å². The highest BCUT2D eigenvalue weighted by molar-refractivity contribution is 14.0. The molecule has 1 aliphatic rings. The van der Waals surface area contributed by atoms with Crippen molar-refractivity contribution < 1.29 is 4.74 Å². The molecule has 4 nitrogen and oxygen atoms in total. The molecule has 0 aliphatic heterocycles. The average Bonchev–Trinajstić information content (AvgIpc) is 3.11. The van der Waals surface area contributed by atoms with Crippen molar-refractivity contribution in [3.63, 3.8) is 0 Å². The number of nitrogens with zero attached hydrogens (tertiary/aromatic N) is 1. The van der Waals surface area contributed by atoms with Gasteiger partial charge in [0.25, 0.3) is 0 Å². The van der Waals surface area contributed by atoms with Crippen LogP contribution in [-0.2, 0) is 4.74 Å². The van der Waals surface area contributed by atoms with Gasteiger partial charge in [-0.05, 0) is 43.1 Å². The van der Waals surface area contributed by atoms with E-state index in [1.54, 1.807) is 0 Å². The van der Waals surface area contributed by atoms with E-state index in [-0.39, 0.29) is 24.0 Å². The second-order valence-corrected chi connectivity index (χ2v) is 7.27. The fraction of sp³-hybridized carbons (Fsp3) is 0.667. The third kappa shape index (κ3) is 7.43. The number of halogens is 1. The highest BCUT2D eigenvalue weighted by atomic mass is 127. The molecule has 1 atom stereocenters. The van der Waals surface area contributed by atoms with Crippen molar-refractivity contribution >= 4 is 29.9 Å². The zero-order valence-electron chi connectivity index (χ0n) is 16.6. The monoisotopic (exact) mass is 473 g/mol. The maximum Gasteiger partial charge on any atom is 0.191 e. The van der Waals surface area contributed by atoms with Gasteiger partial charge in [-0.25, -0.2) is 0 Å². The normalized spacial score (nSPS) is 17.4. The van der Waals surface area contributed by atoms with Crippen molar-refractivity contribution in [1.29, 1.82) is 0 Å².